The Morgan fingerprint density at radius 2 is 2.26 bits per heavy atom. The van der Waals surface area contributed by atoms with Crippen LogP contribution in [-0.4, -0.2) is 46.7 Å². The molecule has 0 radical (unpaired) electrons. The molecule has 0 saturated carbocycles. The summed E-state index contributed by atoms with van der Waals surface area (Å²) < 4.78 is 0. The molecule has 0 aliphatic carbocycles. The number of unbranched alkanes of at least 4 members (excludes halogenated alkanes) is 1. The first-order valence-electron chi connectivity index (χ1n) is 6.86. The van der Waals surface area contributed by atoms with Crippen molar-refractivity contribution in [1.82, 2.24) is 10.2 Å². The van der Waals surface area contributed by atoms with Gasteiger partial charge in [-0.3, -0.25) is 14.4 Å². The number of carbonyl (C=O) groups excluding carboxylic acids is 3. The summed E-state index contributed by atoms with van der Waals surface area (Å²) in [5, 5.41) is 2.82. The lowest BCUT2D eigenvalue weighted by atomic mass is 10.1. The zero-order chi connectivity index (χ0) is 13.8. The Bertz CT molecular complexity index is 386. The van der Waals surface area contributed by atoms with Gasteiger partial charge >= 0.3 is 0 Å². The fourth-order valence-corrected chi connectivity index (χ4v) is 3.36. The highest BCUT2D eigenvalue weighted by molar-refractivity contribution is 8.14. The maximum Gasteiger partial charge on any atom is 0.226 e. The summed E-state index contributed by atoms with van der Waals surface area (Å²) in [6, 6.07) is -0.350. The molecule has 2 aliphatic heterocycles. The molecule has 2 amide bonds. The molecule has 0 bridgehead atoms. The van der Waals surface area contributed by atoms with E-state index in [0.29, 0.717) is 13.0 Å². The molecule has 0 aromatic heterocycles. The predicted molar refractivity (Wildman–Crippen MR) is 73.6 cm³/mol. The summed E-state index contributed by atoms with van der Waals surface area (Å²) >= 11 is 1.27. The lowest BCUT2D eigenvalue weighted by Gasteiger charge is -2.17. The second-order valence-electron chi connectivity index (χ2n) is 5.11. The van der Waals surface area contributed by atoms with E-state index in [1.165, 1.54) is 11.8 Å². The molecule has 5 nitrogen and oxygen atoms in total. The van der Waals surface area contributed by atoms with Crippen molar-refractivity contribution >= 4 is 28.7 Å². The third-order valence-electron chi connectivity index (χ3n) is 3.62. The van der Waals surface area contributed by atoms with Gasteiger partial charge in [0, 0.05) is 25.3 Å². The number of amides is 2. The summed E-state index contributed by atoms with van der Waals surface area (Å²) in [6.07, 6.45) is 2.99. The smallest absolute Gasteiger partial charge is 0.226 e. The van der Waals surface area contributed by atoms with Crippen molar-refractivity contribution in [2.45, 2.75) is 38.6 Å². The van der Waals surface area contributed by atoms with Crippen molar-refractivity contribution in [3.8, 4) is 0 Å². The van der Waals surface area contributed by atoms with Gasteiger partial charge in [0.2, 0.25) is 16.9 Å². The first kappa shape index (κ1) is 14.4. The Hall–Kier alpha value is -1.04. The van der Waals surface area contributed by atoms with Gasteiger partial charge in [0.05, 0.1) is 12.0 Å². The van der Waals surface area contributed by atoms with Gasteiger partial charge in [-0.2, -0.15) is 0 Å². The van der Waals surface area contributed by atoms with Crippen molar-refractivity contribution < 1.29 is 14.4 Å². The monoisotopic (exact) mass is 284 g/mol. The minimum atomic E-state index is -0.350. The lowest BCUT2D eigenvalue weighted by Crippen LogP contribution is -2.41. The van der Waals surface area contributed by atoms with Crippen LogP contribution >= 0.6 is 11.8 Å². The molecular weight excluding hydrogens is 264 g/mol. The van der Waals surface area contributed by atoms with Crippen LogP contribution in [0.5, 0.6) is 0 Å². The van der Waals surface area contributed by atoms with Gasteiger partial charge in [-0.25, -0.2) is 0 Å². The van der Waals surface area contributed by atoms with E-state index >= 15 is 0 Å². The summed E-state index contributed by atoms with van der Waals surface area (Å²) in [6.45, 7) is 3.31. The van der Waals surface area contributed by atoms with Crippen LogP contribution in [0.25, 0.3) is 0 Å². The van der Waals surface area contributed by atoms with E-state index < -0.39 is 0 Å². The number of rotatable bonds is 5. The number of nitrogens with zero attached hydrogens (tertiary/aromatic N) is 1. The van der Waals surface area contributed by atoms with Crippen molar-refractivity contribution in [2.75, 3.05) is 18.8 Å². The third kappa shape index (κ3) is 3.49. The zero-order valence-electron chi connectivity index (χ0n) is 11.2. The van der Waals surface area contributed by atoms with Gasteiger partial charge in [-0.1, -0.05) is 25.1 Å². The van der Waals surface area contributed by atoms with E-state index in [4.69, 9.17) is 0 Å². The Kier molecular flexibility index (Phi) is 4.85. The quantitative estimate of drug-likeness (QED) is 0.810. The van der Waals surface area contributed by atoms with E-state index in [9.17, 15) is 14.4 Å². The number of likely N-dealkylation sites (tertiary alicyclic amines) is 1. The number of thioether (sulfide) groups is 1. The van der Waals surface area contributed by atoms with E-state index in [-0.39, 0.29) is 35.3 Å². The number of carbonyl (C=O) groups is 3. The van der Waals surface area contributed by atoms with Gasteiger partial charge < -0.3 is 10.2 Å². The van der Waals surface area contributed by atoms with Crippen LogP contribution in [0.15, 0.2) is 0 Å². The minimum Gasteiger partial charge on any atom is -0.345 e. The van der Waals surface area contributed by atoms with Gasteiger partial charge in [0.25, 0.3) is 0 Å². The van der Waals surface area contributed by atoms with E-state index in [0.717, 1.165) is 25.1 Å². The van der Waals surface area contributed by atoms with Crippen molar-refractivity contribution in [3.63, 3.8) is 0 Å². The molecule has 2 atom stereocenters. The highest BCUT2D eigenvalue weighted by Crippen LogP contribution is 2.22. The Morgan fingerprint density at radius 3 is 2.89 bits per heavy atom. The average Bonchev–Trinajstić information content (AvgIpc) is 2.94. The molecule has 2 fully saturated rings. The Balaban J connectivity index is 1.83. The number of hydrogen-bond acceptors (Lipinski definition) is 4. The SMILES string of the molecule is CCCCN1CC(C(=O)NC2CCSC2=O)CC1=O. The van der Waals surface area contributed by atoms with Crippen LogP contribution in [-0.2, 0) is 14.4 Å². The van der Waals surface area contributed by atoms with Crippen molar-refractivity contribution in [2.24, 2.45) is 5.92 Å². The average molecular weight is 284 g/mol. The summed E-state index contributed by atoms with van der Waals surface area (Å²) in [7, 11) is 0. The zero-order valence-corrected chi connectivity index (χ0v) is 12.0. The molecule has 0 aromatic carbocycles. The molecule has 6 heteroatoms. The molecule has 19 heavy (non-hydrogen) atoms. The standard InChI is InChI=1S/C13H20N2O3S/c1-2-3-5-15-8-9(7-11(15)16)12(17)14-10-4-6-19-13(10)18/h9-10H,2-8H2,1H3,(H,14,17). The second kappa shape index (κ2) is 6.41. The molecule has 0 aromatic rings. The van der Waals surface area contributed by atoms with E-state index in [2.05, 4.69) is 12.2 Å². The highest BCUT2D eigenvalue weighted by atomic mass is 32.2. The van der Waals surface area contributed by atoms with Gasteiger partial charge in [0.1, 0.15) is 0 Å². The van der Waals surface area contributed by atoms with Crippen LogP contribution in [0.4, 0.5) is 0 Å². The molecule has 2 aliphatic rings. The summed E-state index contributed by atoms with van der Waals surface area (Å²) in [5.41, 5.74) is 0. The fraction of sp³-hybridized carbons (Fsp3) is 0.769. The molecule has 2 rings (SSSR count). The van der Waals surface area contributed by atoms with Crippen molar-refractivity contribution in [1.29, 1.82) is 0 Å². The molecule has 106 valence electrons. The number of nitrogens with one attached hydrogen (secondary N) is 1. The number of hydrogen-bond donors (Lipinski definition) is 1. The molecule has 2 unspecified atom stereocenters. The Morgan fingerprint density at radius 1 is 1.47 bits per heavy atom. The fourth-order valence-electron chi connectivity index (χ4n) is 2.43. The molecule has 2 saturated heterocycles. The predicted octanol–water partition coefficient (Wildman–Crippen LogP) is 0.783. The molecule has 1 N–H and O–H groups in total. The van der Waals surface area contributed by atoms with Gasteiger partial charge in [-0.05, 0) is 12.8 Å². The highest BCUT2D eigenvalue weighted by Gasteiger charge is 2.36. The minimum absolute atomic E-state index is 0.0421. The third-order valence-corrected chi connectivity index (χ3v) is 4.63. The topological polar surface area (TPSA) is 66.5 Å². The van der Waals surface area contributed by atoms with Crippen LogP contribution in [0.1, 0.15) is 32.6 Å². The molecular formula is C13H20N2O3S. The maximum atomic E-state index is 12.1. The van der Waals surface area contributed by atoms with Crippen LogP contribution in [0.2, 0.25) is 0 Å². The van der Waals surface area contributed by atoms with Crippen LogP contribution in [0, 0.1) is 5.92 Å². The maximum absolute atomic E-state index is 12.1. The molecule has 0 spiro atoms. The van der Waals surface area contributed by atoms with Gasteiger partial charge in [-0.15, -0.1) is 0 Å². The second-order valence-corrected chi connectivity index (χ2v) is 6.21. The molecule has 2 heterocycles. The van der Waals surface area contributed by atoms with E-state index in [1.54, 1.807) is 4.90 Å². The van der Waals surface area contributed by atoms with Crippen molar-refractivity contribution in [3.05, 3.63) is 0 Å². The van der Waals surface area contributed by atoms with E-state index in [1.807, 2.05) is 0 Å². The van der Waals surface area contributed by atoms with Gasteiger partial charge in [0.15, 0.2) is 0 Å². The normalized spacial score (nSPS) is 27.1. The van der Waals surface area contributed by atoms with Crippen LogP contribution in [0.3, 0.4) is 0 Å². The van der Waals surface area contributed by atoms with Crippen LogP contribution < -0.4 is 5.32 Å². The first-order chi connectivity index (χ1) is 9.11. The largest absolute Gasteiger partial charge is 0.345 e. The lowest BCUT2D eigenvalue weighted by molar-refractivity contribution is -0.129. The summed E-state index contributed by atoms with van der Waals surface area (Å²) in [5.74, 6) is 0.396. The summed E-state index contributed by atoms with van der Waals surface area (Å²) in [4.78, 5) is 37.1. The first-order valence-corrected chi connectivity index (χ1v) is 7.85. The Labute approximate surface area is 117 Å².